The van der Waals surface area contributed by atoms with Crippen molar-refractivity contribution in [2.75, 3.05) is 27.9 Å². The number of aromatic nitrogens is 4. The predicted molar refractivity (Wildman–Crippen MR) is 82.8 cm³/mol. The lowest BCUT2D eigenvalue weighted by atomic mass is 10.2. The zero-order valence-electron chi connectivity index (χ0n) is 12.6. The molecule has 22 heavy (non-hydrogen) atoms. The second kappa shape index (κ2) is 6.29. The second-order valence-corrected chi connectivity index (χ2v) is 5.49. The lowest BCUT2D eigenvalue weighted by Gasteiger charge is -2.07. The van der Waals surface area contributed by atoms with Crippen molar-refractivity contribution < 1.29 is 14.2 Å². The molecule has 116 valence electrons. The van der Waals surface area contributed by atoms with Crippen molar-refractivity contribution in [2.24, 2.45) is 0 Å². The number of nitrogens with zero attached hydrogens (tertiary/aromatic N) is 4. The van der Waals surface area contributed by atoms with Gasteiger partial charge in [-0.25, -0.2) is 0 Å². The maximum Gasteiger partial charge on any atom is 0.234 e. The number of fused-ring (bicyclic) bond motifs is 1. The largest absolute Gasteiger partial charge is 0.493 e. The first kappa shape index (κ1) is 14.7. The van der Waals surface area contributed by atoms with Gasteiger partial charge in [0.1, 0.15) is 5.01 Å². The highest BCUT2D eigenvalue weighted by Crippen LogP contribution is 2.33. The average molecular weight is 320 g/mol. The summed E-state index contributed by atoms with van der Waals surface area (Å²) in [6.07, 6.45) is 0.673. The Morgan fingerprint density at radius 3 is 2.64 bits per heavy atom. The molecule has 1 aromatic carbocycles. The molecule has 0 amide bonds. The average Bonchev–Trinajstić information content (AvgIpc) is 3.13. The molecule has 0 radical (unpaired) electrons. The van der Waals surface area contributed by atoms with E-state index < -0.39 is 0 Å². The number of hydrogen-bond acceptors (Lipinski definition) is 7. The van der Waals surface area contributed by atoms with Crippen LogP contribution in [0.25, 0.3) is 15.5 Å². The van der Waals surface area contributed by atoms with Crippen LogP contribution < -0.4 is 9.47 Å². The molecule has 3 rings (SSSR count). The van der Waals surface area contributed by atoms with Gasteiger partial charge in [-0.3, -0.25) is 0 Å². The van der Waals surface area contributed by atoms with Crippen LogP contribution in [0.3, 0.4) is 0 Å². The molecule has 2 aromatic heterocycles. The monoisotopic (exact) mass is 320 g/mol. The number of benzene rings is 1. The molecule has 7 nitrogen and oxygen atoms in total. The summed E-state index contributed by atoms with van der Waals surface area (Å²) in [6, 6.07) is 5.71. The van der Waals surface area contributed by atoms with Gasteiger partial charge in [-0.2, -0.15) is 9.61 Å². The fourth-order valence-electron chi connectivity index (χ4n) is 2.09. The van der Waals surface area contributed by atoms with Crippen molar-refractivity contribution in [3.05, 3.63) is 24.0 Å². The molecule has 0 aliphatic rings. The molecule has 0 unspecified atom stereocenters. The molecule has 0 saturated carbocycles. The molecule has 0 spiro atoms. The number of ether oxygens (including phenoxy) is 3. The molecule has 0 saturated heterocycles. The summed E-state index contributed by atoms with van der Waals surface area (Å²) in [4.78, 5) is 0.760. The van der Waals surface area contributed by atoms with Crippen LogP contribution in [0.15, 0.2) is 18.2 Å². The summed E-state index contributed by atoms with van der Waals surface area (Å²) in [5.74, 6) is 2.15. The second-order valence-electron chi connectivity index (χ2n) is 4.53. The number of methoxy groups -OCH3 is 3. The Kier molecular flexibility index (Phi) is 4.21. The Morgan fingerprint density at radius 1 is 1.09 bits per heavy atom. The highest BCUT2D eigenvalue weighted by atomic mass is 32.1. The normalized spacial score (nSPS) is 11.0. The molecule has 0 fully saturated rings. The van der Waals surface area contributed by atoms with Crippen LogP contribution >= 0.6 is 11.3 Å². The summed E-state index contributed by atoms with van der Waals surface area (Å²) in [6.45, 7) is 0.587. The molecule has 3 aromatic rings. The SMILES string of the molecule is COCCc1nnc2sc(-c3ccc(OC)c(OC)c3)nn12. The van der Waals surface area contributed by atoms with Crippen LogP contribution in [0.5, 0.6) is 11.5 Å². The highest BCUT2D eigenvalue weighted by Gasteiger charge is 2.14. The third-order valence-corrected chi connectivity index (χ3v) is 4.16. The molecular formula is C14H16N4O3S. The minimum Gasteiger partial charge on any atom is -0.493 e. The molecule has 2 heterocycles. The van der Waals surface area contributed by atoms with Crippen LogP contribution in [-0.2, 0) is 11.2 Å². The lowest BCUT2D eigenvalue weighted by molar-refractivity contribution is 0.200. The first-order valence-corrected chi connectivity index (χ1v) is 7.51. The van der Waals surface area contributed by atoms with E-state index in [0.717, 1.165) is 21.4 Å². The summed E-state index contributed by atoms with van der Waals surface area (Å²) in [5, 5.41) is 13.7. The quantitative estimate of drug-likeness (QED) is 0.692. The molecule has 8 heteroatoms. The van der Waals surface area contributed by atoms with E-state index >= 15 is 0 Å². The Morgan fingerprint density at radius 2 is 1.91 bits per heavy atom. The maximum absolute atomic E-state index is 5.33. The van der Waals surface area contributed by atoms with Gasteiger partial charge >= 0.3 is 0 Å². The van der Waals surface area contributed by atoms with Crippen molar-refractivity contribution in [1.29, 1.82) is 0 Å². The summed E-state index contributed by atoms with van der Waals surface area (Å²) in [7, 11) is 4.89. The fraction of sp³-hybridized carbons (Fsp3) is 0.357. The van der Waals surface area contributed by atoms with E-state index in [1.807, 2.05) is 18.2 Å². The maximum atomic E-state index is 5.33. The van der Waals surface area contributed by atoms with Crippen LogP contribution in [-0.4, -0.2) is 47.7 Å². The standard InChI is InChI=1S/C14H16N4O3S/c1-19-7-6-12-15-16-14-18(12)17-13(22-14)9-4-5-10(20-2)11(8-9)21-3/h4-5,8H,6-7H2,1-3H3. The number of rotatable bonds is 6. The third kappa shape index (κ3) is 2.62. The van der Waals surface area contributed by atoms with E-state index in [9.17, 15) is 0 Å². The van der Waals surface area contributed by atoms with Gasteiger partial charge in [0.25, 0.3) is 0 Å². The van der Waals surface area contributed by atoms with E-state index in [0.29, 0.717) is 24.5 Å². The molecule has 0 bridgehead atoms. The van der Waals surface area contributed by atoms with Gasteiger partial charge < -0.3 is 14.2 Å². The van der Waals surface area contributed by atoms with Crippen molar-refractivity contribution >= 4 is 16.3 Å². The first-order valence-electron chi connectivity index (χ1n) is 6.69. The van der Waals surface area contributed by atoms with Gasteiger partial charge in [-0.05, 0) is 18.2 Å². The van der Waals surface area contributed by atoms with Gasteiger partial charge in [0, 0.05) is 19.1 Å². The van der Waals surface area contributed by atoms with Gasteiger partial charge in [-0.1, -0.05) is 11.3 Å². The molecule has 0 aliphatic heterocycles. The van der Waals surface area contributed by atoms with Gasteiger partial charge in [0.15, 0.2) is 17.3 Å². The van der Waals surface area contributed by atoms with Crippen LogP contribution in [0.4, 0.5) is 0 Å². The van der Waals surface area contributed by atoms with Crippen LogP contribution in [0.1, 0.15) is 5.82 Å². The van der Waals surface area contributed by atoms with E-state index in [-0.39, 0.29) is 0 Å². The highest BCUT2D eigenvalue weighted by molar-refractivity contribution is 7.19. The summed E-state index contributed by atoms with van der Waals surface area (Å²) < 4.78 is 17.4. The Hall–Kier alpha value is -2.19. The van der Waals surface area contributed by atoms with Gasteiger partial charge in [-0.15, -0.1) is 10.2 Å². The van der Waals surface area contributed by atoms with E-state index in [1.165, 1.54) is 11.3 Å². The van der Waals surface area contributed by atoms with Crippen molar-refractivity contribution in [1.82, 2.24) is 19.8 Å². The van der Waals surface area contributed by atoms with E-state index in [4.69, 9.17) is 14.2 Å². The van der Waals surface area contributed by atoms with Crippen LogP contribution in [0, 0.1) is 0 Å². The zero-order chi connectivity index (χ0) is 15.5. The molecule has 0 atom stereocenters. The predicted octanol–water partition coefficient (Wildman–Crippen LogP) is 2.06. The zero-order valence-corrected chi connectivity index (χ0v) is 13.4. The van der Waals surface area contributed by atoms with Gasteiger partial charge in [0.05, 0.1) is 20.8 Å². The van der Waals surface area contributed by atoms with Crippen molar-refractivity contribution in [2.45, 2.75) is 6.42 Å². The minimum atomic E-state index is 0.587. The smallest absolute Gasteiger partial charge is 0.234 e. The topological polar surface area (TPSA) is 70.8 Å². The Bertz CT molecular complexity index is 784. The summed E-state index contributed by atoms with van der Waals surface area (Å²) >= 11 is 1.48. The molecule has 0 aliphatic carbocycles. The van der Waals surface area contributed by atoms with Gasteiger partial charge in [0.2, 0.25) is 4.96 Å². The lowest BCUT2D eigenvalue weighted by Crippen LogP contribution is -2.01. The fourth-order valence-corrected chi connectivity index (χ4v) is 2.95. The van der Waals surface area contributed by atoms with E-state index in [2.05, 4.69) is 15.3 Å². The van der Waals surface area contributed by atoms with Crippen molar-refractivity contribution in [3.8, 4) is 22.1 Å². The Labute approximate surface area is 131 Å². The summed E-state index contributed by atoms with van der Waals surface area (Å²) in [5.41, 5.74) is 0.950. The third-order valence-electron chi connectivity index (χ3n) is 3.22. The first-order chi connectivity index (χ1) is 10.8. The molecule has 0 N–H and O–H groups in total. The Balaban J connectivity index is 1.98. The minimum absolute atomic E-state index is 0.587. The van der Waals surface area contributed by atoms with E-state index in [1.54, 1.807) is 25.8 Å². The molecular weight excluding hydrogens is 304 g/mol. The number of hydrogen-bond donors (Lipinski definition) is 0. The van der Waals surface area contributed by atoms with Crippen molar-refractivity contribution in [3.63, 3.8) is 0 Å². The van der Waals surface area contributed by atoms with Crippen LogP contribution in [0.2, 0.25) is 0 Å².